The van der Waals surface area contributed by atoms with Crippen LogP contribution in [0.3, 0.4) is 0 Å². The van der Waals surface area contributed by atoms with Crippen molar-refractivity contribution in [2.24, 2.45) is 5.92 Å². The van der Waals surface area contributed by atoms with E-state index in [0.29, 0.717) is 23.7 Å². The number of rotatable bonds is 3. The molecule has 0 aliphatic carbocycles. The number of carbonyl (C=O) groups excluding carboxylic acids is 1. The Labute approximate surface area is 133 Å². The molecule has 0 bridgehead atoms. The first-order valence-corrected chi connectivity index (χ1v) is 7.45. The molecule has 1 heterocycles. The zero-order valence-corrected chi connectivity index (χ0v) is 12.6. The predicted molar refractivity (Wildman–Crippen MR) is 85.1 cm³/mol. The number of hydrogen-bond acceptors (Lipinski definition) is 3. The number of carbonyl (C=O) groups is 1. The van der Waals surface area contributed by atoms with Crippen molar-refractivity contribution < 1.29 is 14.6 Å². The van der Waals surface area contributed by atoms with E-state index in [2.05, 4.69) is 5.32 Å². The molecule has 1 aliphatic rings. The number of anilines is 1. The molecule has 3 rings (SSSR count). The molecule has 1 amide bonds. The molecule has 2 N–H and O–H groups in total. The summed E-state index contributed by atoms with van der Waals surface area (Å²) in [6.45, 7) is 0.294. The second-order valence-electron chi connectivity index (χ2n) is 5.31. The summed E-state index contributed by atoms with van der Waals surface area (Å²) in [6, 6.07) is 12.6. The fourth-order valence-electron chi connectivity index (χ4n) is 2.52. The Morgan fingerprint density at radius 3 is 3.00 bits per heavy atom. The molecular weight excluding hydrogens is 302 g/mol. The van der Waals surface area contributed by atoms with Crippen molar-refractivity contribution in [2.75, 3.05) is 11.9 Å². The standard InChI is InChI=1S/C17H16ClNO3/c18-14-4-5-16-12(8-14)7-13(10-22-16)17(21)19-15-3-1-2-11(6-15)9-20/h1-6,8,13,20H,7,9-10H2,(H,19,21)/t13-/m0/s1. The van der Waals surface area contributed by atoms with Gasteiger partial charge in [0.25, 0.3) is 0 Å². The van der Waals surface area contributed by atoms with Crippen LogP contribution >= 0.6 is 11.6 Å². The summed E-state index contributed by atoms with van der Waals surface area (Å²) >= 11 is 5.99. The highest BCUT2D eigenvalue weighted by atomic mass is 35.5. The van der Waals surface area contributed by atoms with Crippen LogP contribution in [0.5, 0.6) is 5.75 Å². The average Bonchev–Trinajstić information content (AvgIpc) is 2.54. The molecule has 0 spiro atoms. The molecule has 22 heavy (non-hydrogen) atoms. The van der Waals surface area contributed by atoms with Gasteiger partial charge in [-0.15, -0.1) is 0 Å². The van der Waals surface area contributed by atoms with Crippen LogP contribution in [-0.4, -0.2) is 17.6 Å². The lowest BCUT2D eigenvalue weighted by Crippen LogP contribution is -2.32. The van der Waals surface area contributed by atoms with E-state index in [-0.39, 0.29) is 18.4 Å². The van der Waals surface area contributed by atoms with Crippen LogP contribution in [0.15, 0.2) is 42.5 Å². The summed E-state index contributed by atoms with van der Waals surface area (Å²) in [5.74, 6) is 0.431. The lowest BCUT2D eigenvalue weighted by atomic mass is 9.96. The maximum Gasteiger partial charge on any atom is 0.231 e. The zero-order chi connectivity index (χ0) is 15.5. The third-order valence-corrected chi connectivity index (χ3v) is 3.91. The Morgan fingerprint density at radius 2 is 2.18 bits per heavy atom. The van der Waals surface area contributed by atoms with E-state index in [4.69, 9.17) is 21.4 Å². The van der Waals surface area contributed by atoms with Gasteiger partial charge < -0.3 is 15.2 Å². The maximum absolute atomic E-state index is 12.4. The van der Waals surface area contributed by atoms with Crippen LogP contribution in [-0.2, 0) is 17.8 Å². The van der Waals surface area contributed by atoms with Crippen LogP contribution < -0.4 is 10.1 Å². The SMILES string of the molecule is O=C(Nc1cccc(CO)c1)[C@@H]1COc2ccc(Cl)cc2C1. The molecule has 1 aliphatic heterocycles. The van der Waals surface area contributed by atoms with E-state index in [1.165, 1.54) is 0 Å². The molecule has 0 saturated heterocycles. The van der Waals surface area contributed by atoms with Crippen molar-refractivity contribution in [1.82, 2.24) is 0 Å². The number of nitrogens with one attached hydrogen (secondary N) is 1. The van der Waals surface area contributed by atoms with Gasteiger partial charge in [0.2, 0.25) is 5.91 Å². The number of halogens is 1. The molecule has 0 radical (unpaired) electrons. The fraction of sp³-hybridized carbons (Fsp3) is 0.235. The van der Waals surface area contributed by atoms with Gasteiger partial charge in [-0.05, 0) is 47.9 Å². The summed E-state index contributed by atoms with van der Waals surface area (Å²) in [5, 5.41) is 12.6. The molecule has 2 aromatic carbocycles. The first-order chi connectivity index (χ1) is 10.7. The largest absolute Gasteiger partial charge is 0.492 e. The number of amides is 1. The summed E-state index contributed by atoms with van der Waals surface area (Å²) < 4.78 is 5.64. The monoisotopic (exact) mass is 317 g/mol. The van der Waals surface area contributed by atoms with E-state index in [1.807, 2.05) is 12.1 Å². The number of hydrogen-bond donors (Lipinski definition) is 2. The zero-order valence-electron chi connectivity index (χ0n) is 11.9. The second-order valence-corrected chi connectivity index (χ2v) is 5.75. The van der Waals surface area contributed by atoms with Crippen molar-refractivity contribution >= 4 is 23.2 Å². The van der Waals surface area contributed by atoms with Crippen molar-refractivity contribution in [3.8, 4) is 5.75 Å². The van der Waals surface area contributed by atoms with E-state index in [9.17, 15) is 4.79 Å². The minimum Gasteiger partial charge on any atom is -0.492 e. The van der Waals surface area contributed by atoms with E-state index >= 15 is 0 Å². The average molecular weight is 318 g/mol. The highest BCUT2D eigenvalue weighted by Crippen LogP contribution is 2.30. The molecule has 0 saturated carbocycles. The molecule has 114 valence electrons. The topological polar surface area (TPSA) is 58.6 Å². The van der Waals surface area contributed by atoms with Gasteiger partial charge in [0.1, 0.15) is 12.4 Å². The van der Waals surface area contributed by atoms with Gasteiger partial charge in [-0.25, -0.2) is 0 Å². The summed E-state index contributed by atoms with van der Waals surface area (Å²) in [7, 11) is 0. The number of benzene rings is 2. The van der Waals surface area contributed by atoms with Gasteiger partial charge in [0.05, 0.1) is 12.5 Å². The third kappa shape index (κ3) is 3.24. The van der Waals surface area contributed by atoms with Crippen LogP contribution in [0.1, 0.15) is 11.1 Å². The second kappa shape index (κ2) is 6.38. The van der Waals surface area contributed by atoms with Gasteiger partial charge in [0.15, 0.2) is 0 Å². The number of aliphatic hydroxyl groups is 1. The molecular formula is C17H16ClNO3. The molecule has 1 atom stereocenters. The van der Waals surface area contributed by atoms with Crippen LogP contribution in [0.25, 0.3) is 0 Å². The van der Waals surface area contributed by atoms with Gasteiger partial charge >= 0.3 is 0 Å². The first-order valence-electron chi connectivity index (χ1n) is 7.07. The predicted octanol–water partition coefficient (Wildman–Crippen LogP) is 3.02. The lowest BCUT2D eigenvalue weighted by Gasteiger charge is -2.24. The number of aliphatic hydroxyl groups excluding tert-OH is 1. The highest BCUT2D eigenvalue weighted by Gasteiger charge is 2.26. The quantitative estimate of drug-likeness (QED) is 0.915. The molecule has 0 fully saturated rings. The molecule has 4 nitrogen and oxygen atoms in total. The third-order valence-electron chi connectivity index (χ3n) is 3.68. The first kappa shape index (κ1) is 14.9. The normalized spacial score (nSPS) is 16.5. The van der Waals surface area contributed by atoms with E-state index in [0.717, 1.165) is 16.9 Å². The van der Waals surface area contributed by atoms with Gasteiger partial charge in [-0.2, -0.15) is 0 Å². The number of ether oxygens (including phenoxy) is 1. The Morgan fingerprint density at radius 1 is 1.32 bits per heavy atom. The van der Waals surface area contributed by atoms with Gasteiger partial charge in [0, 0.05) is 10.7 Å². The smallest absolute Gasteiger partial charge is 0.231 e. The maximum atomic E-state index is 12.4. The Hall–Kier alpha value is -2.04. The Kier molecular flexibility index (Phi) is 4.32. The van der Waals surface area contributed by atoms with Crippen LogP contribution in [0.2, 0.25) is 5.02 Å². The molecule has 2 aromatic rings. The lowest BCUT2D eigenvalue weighted by molar-refractivity contribution is -0.121. The van der Waals surface area contributed by atoms with E-state index < -0.39 is 0 Å². The fourth-order valence-corrected chi connectivity index (χ4v) is 2.72. The van der Waals surface area contributed by atoms with Gasteiger partial charge in [-0.3, -0.25) is 4.79 Å². The number of fused-ring (bicyclic) bond motifs is 1. The molecule has 0 aromatic heterocycles. The minimum absolute atomic E-state index is 0.0534. The summed E-state index contributed by atoms with van der Waals surface area (Å²) in [5.41, 5.74) is 2.38. The van der Waals surface area contributed by atoms with Crippen molar-refractivity contribution in [3.05, 3.63) is 58.6 Å². The van der Waals surface area contributed by atoms with Crippen LogP contribution in [0, 0.1) is 5.92 Å². The minimum atomic E-state index is -0.260. The Balaban J connectivity index is 1.71. The van der Waals surface area contributed by atoms with E-state index in [1.54, 1.807) is 30.3 Å². The summed E-state index contributed by atoms with van der Waals surface area (Å²) in [6.07, 6.45) is 0.599. The van der Waals surface area contributed by atoms with Crippen molar-refractivity contribution in [2.45, 2.75) is 13.0 Å². The van der Waals surface area contributed by atoms with Gasteiger partial charge in [-0.1, -0.05) is 23.7 Å². The summed E-state index contributed by atoms with van der Waals surface area (Å²) in [4.78, 5) is 12.4. The molecule has 0 unspecified atom stereocenters. The van der Waals surface area contributed by atoms with Crippen molar-refractivity contribution in [1.29, 1.82) is 0 Å². The highest BCUT2D eigenvalue weighted by molar-refractivity contribution is 6.30. The van der Waals surface area contributed by atoms with Crippen LogP contribution in [0.4, 0.5) is 5.69 Å². The Bertz CT molecular complexity index is 702. The van der Waals surface area contributed by atoms with Crippen molar-refractivity contribution in [3.63, 3.8) is 0 Å². The molecule has 5 heteroatoms.